The minimum atomic E-state index is -0.625. The van der Waals surface area contributed by atoms with Gasteiger partial charge in [-0.3, -0.25) is 9.80 Å². The molecule has 0 N–H and O–H groups in total. The van der Waals surface area contributed by atoms with Gasteiger partial charge >= 0.3 is 0 Å². The maximum Gasteiger partial charge on any atom is 0.149 e. The molecule has 1 atom stereocenters. The molecule has 2 saturated heterocycles. The number of hydrogen-bond donors (Lipinski definition) is 0. The monoisotopic (exact) mass is 358 g/mol. The van der Waals surface area contributed by atoms with Gasteiger partial charge in [0, 0.05) is 31.2 Å². The lowest BCUT2D eigenvalue weighted by atomic mass is 9.89. The zero-order valence-electron chi connectivity index (χ0n) is 14.1. The molecule has 0 aliphatic carbocycles. The summed E-state index contributed by atoms with van der Waals surface area (Å²) in [5.74, 6) is -0.505. The van der Waals surface area contributed by atoms with Crippen molar-refractivity contribution in [1.29, 1.82) is 0 Å². The Bertz CT molecular complexity index is 558. The number of rotatable bonds is 4. The summed E-state index contributed by atoms with van der Waals surface area (Å²) in [7, 11) is 0. The Kier molecular flexibility index (Phi) is 6.08. The molecule has 0 bridgehead atoms. The Balaban J connectivity index is 1.55. The van der Waals surface area contributed by atoms with Crippen LogP contribution in [0.15, 0.2) is 12.1 Å². The van der Waals surface area contributed by atoms with E-state index in [-0.39, 0.29) is 17.1 Å². The standard InChI is InChI=1S/C18H25ClF2N2O/c1-13(23-8-10-24-11-9-23)14-4-6-22(7-5-14)12-15-17(20)3-2-16(19)18(15)21/h2-3,13-14H,4-12H2,1H3. The van der Waals surface area contributed by atoms with Crippen LogP contribution in [0.25, 0.3) is 0 Å². The number of ether oxygens (including phenoxy) is 1. The molecule has 6 heteroatoms. The summed E-state index contributed by atoms with van der Waals surface area (Å²) < 4.78 is 33.4. The molecule has 0 saturated carbocycles. The first-order valence-electron chi connectivity index (χ1n) is 8.73. The molecule has 1 aromatic rings. The van der Waals surface area contributed by atoms with Crippen LogP contribution in [-0.4, -0.2) is 55.2 Å². The Morgan fingerprint density at radius 2 is 1.83 bits per heavy atom. The van der Waals surface area contributed by atoms with Crippen LogP contribution in [0.4, 0.5) is 8.78 Å². The third-order valence-corrected chi connectivity index (χ3v) is 5.75. The van der Waals surface area contributed by atoms with Gasteiger partial charge in [0.25, 0.3) is 0 Å². The van der Waals surface area contributed by atoms with Gasteiger partial charge in [-0.2, -0.15) is 0 Å². The van der Waals surface area contributed by atoms with Gasteiger partial charge in [0.1, 0.15) is 11.6 Å². The summed E-state index contributed by atoms with van der Waals surface area (Å²) in [4.78, 5) is 4.63. The molecule has 24 heavy (non-hydrogen) atoms. The van der Waals surface area contributed by atoms with E-state index in [4.69, 9.17) is 16.3 Å². The summed E-state index contributed by atoms with van der Waals surface area (Å²) >= 11 is 5.78. The van der Waals surface area contributed by atoms with Crippen molar-refractivity contribution in [3.05, 3.63) is 34.4 Å². The first-order valence-corrected chi connectivity index (χ1v) is 9.10. The van der Waals surface area contributed by atoms with Crippen molar-refractivity contribution in [2.75, 3.05) is 39.4 Å². The Morgan fingerprint density at radius 1 is 1.17 bits per heavy atom. The molecule has 0 amide bonds. The van der Waals surface area contributed by atoms with Crippen LogP contribution in [0.2, 0.25) is 5.02 Å². The van der Waals surface area contributed by atoms with Crippen LogP contribution in [0.3, 0.4) is 0 Å². The molecule has 2 fully saturated rings. The first-order chi connectivity index (χ1) is 11.6. The number of nitrogens with zero attached hydrogens (tertiary/aromatic N) is 2. The smallest absolute Gasteiger partial charge is 0.149 e. The molecule has 3 nitrogen and oxygen atoms in total. The van der Waals surface area contributed by atoms with E-state index in [1.165, 1.54) is 12.1 Å². The van der Waals surface area contributed by atoms with Gasteiger partial charge in [0.05, 0.1) is 18.2 Å². The van der Waals surface area contributed by atoms with Crippen LogP contribution < -0.4 is 0 Å². The molecular weight excluding hydrogens is 334 g/mol. The lowest BCUT2D eigenvalue weighted by Crippen LogP contribution is -2.48. The number of piperidine rings is 1. The van der Waals surface area contributed by atoms with Gasteiger partial charge in [0.2, 0.25) is 0 Å². The summed E-state index contributed by atoms with van der Waals surface area (Å²) in [6, 6.07) is 3.05. The van der Waals surface area contributed by atoms with Gasteiger partial charge in [-0.25, -0.2) is 8.78 Å². The van der Waals surface area contributed by atoms with Gasteiger partial charge in [0.15, 0.2) is 0 Å². The number of benzene rings is 1. The number of morpholine rings is 1. The van der Waals surface area contributed by atoms with Crippen molar-refractivity contribution < 1.29 is 13.5 Å². The molecule has 1 unspecified atom stereocenters. The predicted octanol–water partition coefficient (Wildman–Crippen LogP) is 3.55. The maximum absolute atomic E-state index is 14.0. The highest BCUT2D eigenvalue weighted by molar-refractivity contribution is 6.30. The van der Waals surface area contributed by atoms with Gasteiger partial charge in [-0.15, -0.1) is 0 Å². The zero-order chi connectivity index (χ0) is 17.1. The van der Waals surface area contributed by atoms with E-state index < -0.39 is 11.6 Å². The number of halogens is 3. The van der Waals surface area contributed by atoms with Crippen LogP contribution in [-0.2, 0) is 11.3 Å². The number of likely N-dealkylation sites (tertiary alicyclic amines) is 1. The summed E-state index contributed by atoms with van der Waals surface area (Å²) in [6.45, 7) is 7.95. The van der Waals surface area contributed by atoms with Crippen molar-refractivity contribution in [1.82, 2.24) is 9.80 Å². The molecule has 0 aromatic heterocycles. The minimum Gasteiger partial charge on any atom is -0.379 e. The third-order valence-electron chi connectivity index (χ3n) is 5.46. The average Bonchev–Trinajstić information content (AvgIpc) is 2.63. The molecule has 0 radical (unpaired) electrons. The van der Waals surface area contributed by atoms with Crippen LogP contribution in [0.5, 0.6) is 0 Å². The Morgan fingerprint density at radius 3 is 2.50 bits per heavy atom. The first kappa shape index (κ1) is 18.1. The van der Waals surface area contributed by atoms with Crippen molar-refractivity contribution in [3.8, 4) is 0 Å². The Labute approximate surface area is 147 Å². The van der Waals surface area contributed by atoms with Crippen molar-refractivity contribution in [2.24, 2.45) is 5.92 Å². The minimum absolute atomic E-state index is 0.0118. The molecule has 134 valence electrons. The van der Waals surface area contributed by atoms with Gasteiger partial charge < -0.3 is 4.74 Å². The highest BCUT2D eigenvalue weighted by atomic mass is 35.5. The van der Waals surface area contributed by atoms with E-state index in [0.29, 0.717) is 12.0 Å². The highest BCUT2D eigenvalue weighted by Crippen LogP contribution is 2.27. The quantitative estimate of drug-likeness (QED) is 0.765. The second kappa shape index (κ2) is 8.09. The largest absolute Gasteiger partial charge is 0.379 e. The lowest BCUT2D eigenvalue weighted by Gasteiger charge is -2.41. The number of hydrogen-bond acceptors (Lipinski definition) is 3. The van der Waals surface area contributed by atoms with E-state index >= 15 is 0 Å². The summed E-state index contributed by atoms with van der Waals surface area (Å²) in [5.41, 5.74) is 0.0853. The van der Waals surface area contributed by atoms with E-state index in [9.17, 15) is 8.78 Å². The van der Waals surface area contributed by atoms with E-state index in [1.54, 1.807) is 0 Å². The summed E-state index contributed by atoms with van der Waals surface area (Å²) in [5, 5.41) is -0.0118. The molecule has 3 rings (SSSR count). The fourth-order valence-corrected chi connectivity index (χ4v) is 3.99. The fourth-order valence-electron chi connectivity index (χ4n) is 3.81. The van der Waals surface area contributed by atoms with Gasteiger partial charge in [-0.05, 0) is 50.9 Å². The van der Waals surface area contributed by atoms with Crippen molar-refractivity contribution in [3.63, 3.8) is 0 Å². The second-order valence-electron chi connectivity index (χ2n) is 6.82. The normalized spacial score (nSPS) is 22.7. The topological polar surface area (TPSA) is 15.7 Å². The summed E-state index contributed by atoms with van der Waals surface area (Å²) in [6.07, 6.45) is 2.12. The molecular formula is C18H25ClF2N2O. The average molecular weight is 359 g/mol. The van der Waals surface area contributed by atoms with Crippen molar-refractivity contribution >= 4 is 11.6 Å². The molecule has 2 aliphatic heterocycles. The van der Waals surface area contributed by atoms with E-state index in [2.05, 4.69) is 16.7 Å². The fraction of sp³-hybridized carbons (Fsp3) is 0.667. The van der Waals surface area contributed by atoms with Gasteiger partial charge in [-0.1, -0.05) is 11.6 Å². The van der Waals surface area contributed by atoms with Crippen LogP contribution in [0.1, 0.15) is 25.3 Å². The predicted molar refractivity (Wildman–Crippen MR) is 91.2 cm³/mol. The van der Waals surface area contributed by atoms with Crippen LogP contribution >= 0.6 is 11.6 Å². The third kappa shape index (κ3) is 4.07. The van der Waals surface area contributed by atoms with E-state index in [1.807, 2.05) is 0 Å². The zero-order valence-corrected chi connectivity index (χ0v) is 14.9. The molecule has 0 spiro atoms. The molecule has 1 aromatic carbocycles. The maximum atomic E-state index is 14.0. The van der Waals surface area contributed by atoms with Crippen LogP contribution in [0, 0.1) is 17.6 Å². The Hall–Kier alpha value is -0.750. The molecule has 2 heterocycles. The molecule has 2 aliphatic rings. The van der Waals surface area contributed by atoms with E-state index in [0.717, 1.165) is 52.2 Å². The SMILES string of the molecule is CC(C1CCN(Cc2c(F)ccc(Cl)c2F)CC1)N1CCOCC1. The second-order valence-corrected chi connectivity index (χ2v) is 7.23. The van der Waals surface area contributed by atoms with Crippen molar-refractivity contribution in [2.45, 2.75) is 32.4 Å². The highest BCUT2D eigenvalue weighted by Gasteiger charge is 2.29. The lowest BCUT2D eigenvalue weighted by molar-refractivity contribution is -0.00201.